The minimum Gasteiger partial charge on any atom is -0.347 e. The lowest BCUT2D eigenvalue weighted by atomic mass is 10.0. The summed E-state index contributed by atoms with van der Waals surface area (Å²) in [5.74, 6) is 0.997. The Morgan fingerprint density at radius 2 is 1.94 bits per heavy atom. The number of nitriles is 1. The maximum Gasteiger partial charge on any atom is 0.159 e. The van der Waals surface area contributed by atoms with Crippen molar-refractivity contribution in [2.75, 3.05) is 37.6 Å². The molecule has 1 aromatic carbocycles. The molecule has 2 saturated heterocycles. The quantitative estimate of drug-likeness (QED) is 0.639. The zero-order valence-corrected chi connectivity index (χ0v) is 17.6. The van der Waals surface area contributed by atoms with Gasteiger partial charge >= 0.3 is 0 Å². The first-order chi connectivity index (χ1) is 15.2. The van der Waals surface area contributed by atoms with Crippen LogP contribution in [0.4, 0.5) is 5.82 Å². The van der Waals surface area contributed by atoms with Gasteiger partial charge in [-0.1, -0.05) is 24.3 Å². The third-order valence-electron chi connectivity index (χ3n) is 6.45. The number of fused-ring (bicyclic) bond motifs is 1. The largest absolute Gasteiger partial charge is 0.347 e. The summed E-state index contributed by atoms with van der Waals surface area (Å²) in [4.78, 5) is 19.0. The predicted molar refractivity (Wildman–Crippen MR) is 120 cm³/mol. The van der Waals surface area contributed by atoms with Gasteiger partial charge in [0.05, 0.1) is 11.6 Å². The molecule has 0 radical (unpaired) electrons. The Kier molecular flexibility index (Phi) is 5.18. The third kappa shape index (κ3) is 3.58. The average molecular weight is 415 g/mol. The van der Waals surface area contributed by atoms with Crippen molar-refractivity contribution in [1.82, 2.24) is 20.2 Å². The Morgan fingerprint density at radius 3 is 2.65 bits per heavy atom. The first-order valence-corrected chi connectivity index (χ1v) is 10.9. The lowest BCUT2D eigenvalue weighted by Crippen LogP contribution is -2.46. The molecular formula is C24H26N6O. The van der Waals surface area contributed by atoms with Crippen LogP contribution in [0.25, 0.3) is 11.0 Å². The van der Waals surface area contributed by atoms with Crippen molar-refractivity contribution in [3.8, 4) is 6.07 Å². The smallest absolute Gasteiger partial charge is 0.159 e. The van der Waals surface area contributed by atoms with Crippen molar-refractivity contribution in [3.63, 3.8) is 0 Å². The van der Waals surface area contributed by atoms with Gasteiger partial charge in [0.1, 0.15) is 17.5 Å². The third-order valence-corrected chi connectivity index (χ3v) is 6.45. The molecule has 0 aliphatic carbocycles. The number of ketones is 1. The summed E-state index contributed by atoms with van der Waals surface area (Å²) in [5.41, 5.74) is 3.45. The van der Waals surface area contributed by atoms with Crippen LogP contribution in [0.2, 0.25) is 0 Å². The van der Waals surface area contributed by atoms with E-state index >= 15 is 0 Å². The van der Waals surface area contributed by atoms with E-state index in [0.29, 0.717) is 11.6 Å². The molecule has 0 amide bonds. The number of carbonyl (C=O) groups is 1. The van der Waals surface area contributed by atoms with E-state index in [1.165, 1.54) is 0 Å². The molecule has 1 unspecified atom stereocenters. The van der Waals surface area contributed by atoms with Crippen LogP contribution < -0.4 is 15.5 Å². The first-order valence-electron chi connectivity index (χ1n) is 10.9. The van der Waals surface area contributed by atoms with Crippen LogP contribution in [0.15, 0.2) is 42.6 Å². The summed E-state index contributed by atoms with van der Waals surface area (Å²) >= 11 is 0. The van der Waals surface area contributed by atoms with Gasteiger partial charge < -0.3 is 20.1 Å². The fourth-order valence-corrected chi connectivity index (χ4v) is 4.74. The molecule has 2 fully saturated rings. The Morgan fingerprint density at radius 1 is 1.13 bits per heavy atom. The zero-order valence-electron chi connectivity index (χ0n) is 17.6. The SMILES string of the molecule is CC(=O)c1ccc(C2CNCCN2c2ccc3c(C#N)cn([C@H]4CCNC4)c3n2)cc1. The number of benzene rings is 1. The van der Waals surface area contributed by atoms with Crippen molar-refractivity contribution in [2.24, 2.45) is 0 Å². The maximum absolute atomic E-state index is 11.6. The Balaban J connectivity index is 1.54. The number of carbonyl (C=O) groups excluding carboxylic acids is 1. The average Bonchev–Trinajstić information content (AvgIpc) is 3.46. The van der Waals surface area contributed by atoms with E-state index in [4.69, 9.17) is 4.98 Å². The molecular weight excluding hydrogens is 388 g/mol. The van der Waals surface area contributed by atoms with E-state index < -0.39 is 0 Å². The molecule has 3 aromatic rings. The van der Waals surface area contributed by atoms with E-state index in [-0.39, 0.29) is 11.8 Å². The summed E-state index contributed by atoms with van der Waals surface area (Å²) in [6.07, 6.45) is 2.99. The highest BCUT2D eigenvalue weighted by atomic mass is 16.1. The van der Waals surface area contributed by atoms with Crippen LogP contribution >= 0.6 is 0 Å². The van der Waals surface area contributed by atoms with E-state index in [1.807, 2.05) is 42.6 Å². The van der Waals surface area contributed by atoms with E-state index in [1.54, 1.807) is 6.92 Å². The summed E-state index contributed by atoms with van der Waals surface area (Å²) in [6.45, 7) is 6.03. The Bertz CT molecular complexity index is 1150. The van der Waals surface area contributed by atoms with Crippen LogP contribution in [0.3, 0.4) is 0 Å². The molecule has 2 atom stereocenters. The molecule has 2 aliphatic rings. The predicted octanol–water partition coefficient (Wildman–Crippen LogP) is 2.80. The van der Waals surface area contributed by atoms with Crippen LogP contribution in [0.1, 0.15) is 46.9 Å². The number of piperazine rings is 1. The molecule has 7 nitrogen and oxygen atoms in total. The van der Waals surface area contributed by atoms with Gasteiger partial charge in [0.25, 0.3) is 0 Å². The molecule has 5 rings (SSSR count). The number of anilines is 1. The number of aromatic nitrogens is 2. The van der Waals surface area contributed by atoms with Gasteiger partial charge in [-0.05, 0) is 37.6 Å². The summed E-state index contributed by atoms with van der Waals surface area (Å²) in [5, 5.41) is 17.4. The highest BCUT2D eigenvalue weighted by molar-refractivity contribution is 5.94. The highest BCUT2D eigenvalue weighted by Gasteiger charge is 2.27. The summed E-state index contributed by atoms with van der Waals surface area (Å²) in [7, 11) is 0. The fourth-order valence-electron chi connectivity index (χ4n) is 4.74. The molecule has 0 spiro atoms. The second-order valence-electron chi connectivity index (χ2n) is 8.34. The molecule has 0 bridgehead atoms. The monoisotopic (exact) mass is 414 g/mol. The van der Waals surface area contributed by atoms with Gasteiger partial charge in [-0.25, -0.2) is 4.98 Å². The second kappa shape index (κ2) is 8.14. The second-order valence-corrected chi connectivity index (χ2v) is 8.34. The maximum atomic E-state index is 11.6. The van der Waals surface area contributed by atoms with Gasteiger partial charge in [0.15, 0.2) is 5.78 Å². The summed E-state index contributed by atoms with van der Waals surface area (Å²) < 4.78 is 2.18. The number of nitrogens with one attached hydrogen (secondary N) is 2. The number of hydrogen-bond acceptors (Lipinski definition) is 6. The molecule has 4 heterocycles. The van der Waals surface area contributed by atoms with Gasteiger partial charge in [-0.3, -0.25) is 4.79 Å². The first kappa shape index (κ1) is 19.7. The molecule has 31 heavy (non-hydrogen) atoms. The Hall–Kier alpha value is -3.21. The number of rotatable bonds is 4. The van der Waals surface area contributed by atoms with Crippen LogP contribution in [0.5, 0.6) is 0 Å². The minimum atomic E-state index is 0.0766. The number of Topliss-reactive ketones (excluding diaryl/α,β-unsaturated/α-hetero) is 1. The standard InChI is InChI=1S/C24H26N6O/c1-16(31)17-2-4-18(5-3-17)22-14-27-10-11-29(22)23-7-6-21-19(12-25)15-30(24(21)28-23)20-8-9-26-13-20/h2-7,15,20,22,26-27H,8-11,13-14H2,1H3/t20-,22?/m0/s1. The zero-order chi connectivity index (χ0) is 21.4. The van der Waals surface area contributed by atoms with Crippen molar-refractivity contribution >= 4 is 22.6 Å². The Labute approximate surface area is 181 Å². The van der Waals surface area contributed by atoms with E-state index in [2.05, 4.69) is 26.2 Å². The van der Waals surface area contributed by atoms with Gasteiger partial charge in [0.2, 0.25) is 0 Å². The van der Waals surface area contributed by atoms with Gasteiger partial charge in [0, 0.05) is 49.4 Å². The topological polar surface area (TPSA) is 86.0 Å². The molecule has 2 N–H and O–H groups in total. The number of nitrogens with zero attached hydrogens (tertiary/aromatic N) is 4. The van der Waals surface area contributed by atoms with Crippen molar-refractivity contribution in [1.29, 1.82) is 5.26 Å². The molecule has 2 aliphatic heterocycles. The molecule has 7 heteroatoms. The molecule has 0 saturated carbocycles. The molecule has 2 aromatic heterocycles. The number of pyridine rings is 1. The lowest BCUT2D eigenvalue weighted by molar-refractivity contribution is 0.101. The fraction of sp³-hybridized carbons (Fsp3) is 0.375. The van der Waals surface area contributed by atoms with Crippen LogP contribution in [-0.2, 0) is 0 Å². The molecule has 158 valence electrons. The van der Waals surface area contributed by atoms with Crippen molar-refractivity contribution in [2.45, 2.75) is 25.4 Å². The van der Waals surface area contributed by atoms with Crippen LogP contribution in [-0.4, -0.2) is 48.1 Å². The number of hydrogen-bond donors (Lipinski definition) is 2. The van der Waals surface area contributed by atoms with Gasteiger partial charge in [-0.2, -0.15) is 5.26 Å². The minimum absolute atomic E-state index is 0.0766. The van der Waals surface area contributed by atoms with E-state index in [0.717, 1.165) is 67.1 Å². The lowest BCUT2D eigenvalue weighted by Gasteiger charge is -2.37. The van der Waals surface area contributed by atoms with Gasteiger partial charge in [-0.15, -0.1) is 0 Å². The van der Waals surface area contributed by atoms with Crippen molar-refractivity contribution in [3.05, 3.63) is 59.3 Å². The van der Waals surface area contributed by atoms with Crippen molar-refractivity contribution < 1.29 is 4.79 Å². The normalized spacial score (nSPS) is 21.4. The van der Waals surface area contributed by atoms with Crippen LogP contribution in [0, 0.1) is 11.3 Å². The summed E-state index contributed by atoms with van der Waals surface area (Å²) in [6, 6.07) is 14.7. The van der Waals surface area contributed by atoms with E-state index in [9.17, 15) is 10.1 Å². The highest BCUT2D eigenvalue weighted by Crippen LogP contribution is 2.32.